The first-order chi connectivity index (χ1) is 16.2. The Kier molecular flexibility index (Phi) is 7.79. The minimum absolute atomic E-state index is 0.0881. The number of carbonyl (C=O) groups excluding carboxylic acids is 1. The van der Waals surface area contributed by atoms with Crippen molar-refractivity contribution in [1.82, 2.24) is 15.2 Å². The van der Waals surface area contributed by atoms with Crippen molar-refractivity contribution in [1.29, 1.82) is 0 Å². The van der Waals surface area contributed by atoms with Gasteiger partial charge in [0, 0.05) is 49.3 Å². The van der Waals surface area contributed by atoms with Crippen molar-refractivity contribution < 1.29 is 14.3 Å². The molecule has 1 amide bonds. The Balaban J connectivity index is 1.26. The lowest BCUT2D eigenvalue weighted by Gasteiger charge is -2.33. The third kappa shape index (κ3) is 6.02. The van der Waals surface area contributed by atoms with Crippen LogP contribution >= 0.6 is 0 Å². The summed E-state index contributed by atoms with van der Waals surface area (Å²) in [7, 11) is 3.26. The first kappa shape index (κ1) is 23.1. The van der Waals surface area contributed by atoms with E-state index in [1.54, 1.807) is 14.2 Å². The van der Waals surface area contributed by atoms with Gasteiger partial charge in [-0.15, -0.1) is 0 Å². The second-order valence-electron chi connectivity index (χ2n) is 8.72. The average Bonchev–Trinajstić information content (AvgIpc) is 2.86. The normalized spacial score (nSPS) is 16.5. The van der Waals surface area contributed by atoms with Crippen molar-refractivity contribution in [2.75, 3.05) is 27.3 Å². The largest absolute Gasteiger partial charge is 0.497 e. The van der Waals surface area contributed by atoms with E-state index in [4.69, 9.17) is 9.47 Å². The maximum Gasteiger partial charge on any atom is 0.220 e. The number of hydrogen-bond acceptors (Lipinski definition) is 5. The van der Waals surface area contributed by atoms with Crippen molar-refractivity contribution in [3.8, 4) is 11.5 Å². The molecule has 2 aromatic carbocycles. The SMILES string of the molecule is COc1ccc(CNC(=O)CC[C@@H]2CCCN(Cc3ccnc4ccccc34)C2)c(OC)c1. The van der Waals surface area contributed by atoms with Crippen molar-refractivity contribution in [2.45, 2.75) is 38.8 Å². The van der Waals surface area contributed by atoms with Gasteiger partial charge >= 0.3 is 0 Å². The fourth-order valence-corrected chi connectivity index (χ4v) is 4.68. The van der Waals surface area contributed by atoms with Crippen LogP contribution in [0.2, 0.25) is 0 Å². The predicted octanol–water partition coefficient (Wildman–Crippen LogP) is 4.56. The van der Waals surface area contributed by atoms with Crippen LogP contribution in [0.1, 0.15) is 36.8 Å². The summed E-state index contributed by atoms with van der Waals surface area (Å²) in [6, 6.07) is 16.1. The number of piperidine rings is 1. The molecule has 33 heavy (non-hydrogen) atoms. The molecular formula is C27H33N3O3. The van der Waals surface area contributed by atoms with Gasteiger partial charge in [0.15, 0.2) is 0 Å². The van der Waals surface area contributed by atoms with Crippen LogP contribution in [0.4, 0.5) is 0 Å². The number of hydrogen-bond donors (Lipinski definition) is 1. The van der Waals surface area contributed by atoms with Crippen molar-refractivity contribution in [3.63, 3.8) is 0 Å². The Labute approximate surface area is 195 Å². The molecule has 4 rings (SSSR count). The van der Waals surface area contributed by atoms with Crippen molar-refractivity contribution in [3.05, 3.63) is 65.9 Å². The molecule has 0 spiro atoms. The van der Waals surface area contributed by atoms with E-state index in [2.05, 4.69) is 39.5 Å². The molecule has 1 saturated heterocycles. The van der Waals surface area contributed by atoms with Gasteiger partial charge in [-0.3, -0.25) is 14.7 Å². The Hall–Kier alpha value is -3.12. The van der Waals surface area contributed by atoms with Gasteiger partial charge in [0.05, 0.1) is 19.7 Å². The number of pyridine rings is 1. The van der Waals surface area contributed by atoms with Crippen molar-refractivity contribution >= 4 is 16.8 Å². The predicted molar refractivity (Wildman–Crippen MR) is 130 cm³/mol. The number of nitrogens with one attached hydrogen (secondary N) is 1. The lowest BCUT2D eigenvalue weighted by molar-refractivity contribution is -0.121. The van der Waals surface area contributed by atoms with Crippen molar-refractivity contribution in [2.24, 2.45) is 5.92 Å². The molecule has 6 nitrogen and oxygen atoms in total. The highest BCUT2D eigenvalue weighted by atomic mass is 16.5. The Morgan fingerprint density at radius 1 is 1.12 bits per heavy atom. The number of methoxy groups -OCH3 is 2. The average molecular weight is 448 g/mol. The van der Waals surface area contributed by atoms with Crippen LogP contribution < -0.4 is 14.8 Å². The zero-order chi connectivity index (χ0) is 23.0. The standard InChI is InChI=1S/C27H33N3O3/c1-32-23-11-10-21(26(16-23)33-2)17-29-27(31)12-9-20-6-5-15-30(18-20)19-22-13-14-28-25-8-4-3-7-24(22)25/h3-4,7-8,10-11,13-14,16,20H,5-6,9,12,15,17-19H2,1-2H3,(H,29,31)/t20-/m0/s1. The molecule has 3 aromatic rings. The van der Waals surface area contributed by atoms with Gasteiger partial charge in [0.25, 0.3) is 0 Å². The number of aromatic nitrogens is 1. The molecule has 0 unspecified atom stereocenters. The van der Waals surface area contributed by atoms with E-state index in [9.17, 15) is 4.79 Å². The summed E-state index contributed by atoms with van der Waals surface area (Å²) in [5.74, 6) is 2.10. The number of nitrogens with zero attached hydrogens (tertiary/aromatic N) is 2. The number of carbonyl (C=O) groups is 1. The number of benzene rings is 2. The highest BCUT2D eigenvalue weighted by Gasteiger charge is 2.21. The van der Waals surface area contributed by atoms with E-state index in [1.165, 1.54) is 23.8 Å². The molecule has 0 saturated carbocycles. The van der Waals surface area contributed by atoms with E-state index in [0.29, 0.717) is 18.9 Å². The number of rotatable bonds is 9. The molecule has 0 bridgehead atoms. The summed E-state index contributed by atoms with van der Waals surface area (Å²) in [5.41, 5.74) is 3.32. The summed E-state index contributed by atoms with van der Waals surface area (Å²) in [4.78, 5) is 19.5. The van der Waals surface area contributed by atoms with Crippen LogP contribution in [0.5, 0.6) is 11.5 Å². The minimum atomic E-state index is 0.0881. The smallest absolute Gasteiger partial charge is 0.220 e. The quantitative estimate of drug-likeness (QED) is 0.521. The van der Waals surface area contributed by atoms with E-state index >= 15 is 0 Å². The molecule has 0 aliphatic carbocycles. The molecule has 1 aliphatic heterocycles. The van der Waals surface area contributed by atoms with Crippen LogP contribution in [0, 0.1) is 5.92 Å². The van der Waals surface area contributed by atoms with E-state index in [0.717, 1.165) is 48.6 Å². The first-order valence-corrected chi connectivity index (χ1v) is 11.7. The van der Waals surface area contributed by atoms with E-state index in [-0.39, 0.29) is 5.91 Å². The van der Waals surface area contributed by atoms with Gasteiger partial charge in [0.2, 0.25) is 5.91 Å². The monoisotopic (exact) mass is 447 g/mol. The van der Waals surface area contributed by atoms with E-state index in [1.807, 2.05) is 30.5 Å². The van der Waals surface area contributed by atoms with Crippen LogP contribution in [0.3, 0.4) is 0 Å². The second kappa shape index (κ2) is 11.1. The van der Waals surface area contributed by atoms with Gasteiger partial charge in [-0.2, -0.15) is 0 Å². The zero-order valence-electron chi connectivity index (χ0n) is 19.5. The molecule has 1 aliphatic rings. The van der Waals surface area contributed by atoms with Gasteiger partial charge in [-0.25, -0.2) is 0 Å². The van der Waals surface area contributed by atoms with Gasteiger partial charge in [-0.05, 0) is 61.6 Å². The van der Waals surface area contributed by atoms with Crippen LogP contribution in [0.25, 0.3) is 10.9 Å². The molecule has 1 atom stereocenters. The second-order valence-corrected chi connectivity index (χ2v) is 8.72. The number of likely N-dealkylation sites (tertiary alicyclic amines) is 1. The molecular weight excluding hydrogens is 414 g/mol. The van der Waals surface area contributed by atoms with E-state index < -0.39 is 0 Å². The zero-order valence-corrected chi connectivity index (χ0v) is 19.5. The molecule has 1 aromatic heterocycles. The summed E-state index contributed by atoms with van der Waals surface area (Å²) in [5, 5.41) is 4.27. The van der Waals surface area contributed by atoms with Gasteiger partial charge in [0.1, 0.15) is 11.5 Å². The summed E-state index contributed by atoms with van der Waals surface area (Å²) >= 11 is 0. The van der Waals surface area contributed by atoms with Crippen LogP contribution in [0.15, 0.2) is 54.7 Å². The number of ether oxygens (including phenoxy) is 2. The highest BCUT2D eigenvalue weighted by Crippen LogP contribution is 2.26. The Morgan fingerprint density at radius 2 is 2.00 bits per heavy atom. The third-order valence-corrected chi connectivity index (χ3v) is 6.49. The Bertz CT molecular complexity index is 1080. The minimum Gasteiger partial charge on any atom is -0.497 e. The fourth-order valence-electron chi connectivity index (χ4n) is 4.68. The lowest BCUT2D eigenvalue weighted by atomic mass is 9.92. The maximum absolute atomic E-state index is 12.5. The topological polar surface area (TPSA) is 63.7 Å². The maximum atomic E-state index is 12.5. The number of fused-ring (bicyclic) bond motifs is 1. The molecule has 1 N–H and O–H groups in total. The van der Waals surface area contributed by atoms with Gasteiger partial charge < -0.3 is 14.8 Å². The molecule has 174 valence electrons. The molecule has 6 heteroatoms. The first-order valence-electron chi connectivity index (χ1n) is 11.7. The Morgan fingerprint density at radius 3 is 2.85 bits per heavy atom. The molecule has 1 fully saturated rings. The fraction of sp³-hybridized carbons (Fsp3) is 0.407. The highest BCUT2D eigenvalue weighted by molar-refractivity contribution is 5.81. The summed E-state index contributed by atoms with van der Waals surface area (Å²) in [6.45, 7) is 3.54. The third-order valence-electron chi connectivity index (χ3n) is 6.49. The van der Waals surface area contributed by atoms with Gasteiger partial charge in [-0.1, -0.05) is 18.2 Å². The molecule has 2 heterocycles. The molecule has 0 radical (unpaired) electrons. The van der Waals surface area contributed by atoms with Crippen LogP contribution in [-0.2, 0) is 17.9 Å². The van der Waals surface area contributed by atoms with Crippen LogP contribution in [-0.4, -0.2) is 43.1 Å². The number of amides is 1. The number of para-hydroxylation sites is 1. The summed E-state index contributed by atoms with van der Waals surface area (Å²) < 4.78 is 10.7. The summed E-state index contributed by atoms with van der Waals surface area (Å²) in [6.07, 6.45) is 5.74. The lowest BCUT2D eigenvalue weighted by Crippen LogP contribution is -2.35.